The highest BCUT2D eigenvalue weighted by Gasteiger charge is 2.17. The Balaban J connectivity index is 1.62. The average molecular weight is 394 g/mol. The topological polar surface area (TPSA) is 47.6 Å². The molecule has 0 bridgehead atoms. The lowest BCUT2D eigenvalue weighted by Gasteiger charge is -2.19. The van der Waals surface area contributed by atoms with Gasteiger partial charge in [0.25, 0.3) is 0 Å². The van der Waals surface area contributed by atoms with Gasteiger partial charge in [-0.1, -0.05) is 15.9 Å². The Morgan fingerprint density at radius 1 is 1.13 bits per heavy atom. The van der Waals surface area contributed by atoms with E-state index in [1.807, 2.05) is 49.4 Å². The molecule has 3 rings (SSSR count). The molecule has 1 heterocycles. The Labute approximate surface area is 147 Å². The molecule has 120 valence electrons. The van der Waals surface area contributed by atoms with Crippen LogP contribution in [0.5, 0.6) is 11.5 Å². The molecule has 2 aromatic carbocycles. The molecule has 2 aromatic rings. The number of anilines is 1. The summed E-state index contributed by atoms with van der Waals surface area (Å²) in [7, 11) is 0. The van der Waals surface area contributed by atoms with Crippen LogP contribution in [0.1, 0.15) is 6.92 Å². The Morgan fingerprint density at radius 2 is 1.83 bits per heavy atom. The van der Waals surface area contributed by atoms with Crippen molar-refractivity contribution in [2.24, 2.45) is 0 Å². The fourth-order valence-corrected chi connectivity index (χ4v) is 3.29. The predicted molar refractivity (Wildman–Crippen MR) is 95.5 cm³/mol. The van der Waals surface area contributed by atoms with Crippen molar-refractivity contribution < 1.29 is 14.3 Å². The lowest BCUT2D eigenvalue weighted by atomic mass is 10.3. The van der Waals surface area contributed by atoms with E-state index in [0.29, 0.717) is 13.2 Å². The van der Waals surface area contributed by atoms with Crippen LogP contribution in [0.15, 0.2) is 51.8 Å². The van der Waals surface area contributed by atoms with Crippen molar-refractivity contribution in [3.05, 3.63) is 46.9 Å². The number of fused-ring (bicyclic) bond motifs is 1. The van der Waals surface area contributed by atoms with E-state index >= 15 is 0 Å². The van der Waals surface area contributed by atoms with Crippen molar-refractivity contribution >= 4 is 39.3 Å². The zero-order valence-corrected chi connectivity index (χ0v) is 14.9. The molecule has 0 aliphatic carbocycles. The average Bonchev–Trinajstić information content (AvgIpc) is 2.56. The third-order valence-corrected chi connectivity index (χ3v) is 4.93. The van der Waals surface area contributed by atoms with Gasteiger partial charge in [-0.05, 0) is 49.4 Å². The van der Waals surface area contributed by atoms with E-state index in [-0.39, 0.29) is 11.2 Å². The molecule has 1 aliphatic rings. The number of benzene rings is 2. The maximum absolute atomic E-state index is 12.3. The number of hydrogen-bond acceptors (Lipinski definition) is 4. The number of hydrogen-bond donors (Lipinski definition) is 1. The maximum Gasteiger partial charge on any atom is 0.237 e. The molecule has 0 fully saturated rings. The normalized spacial score (nSPS) is 14.2. The van der Waals surface area contributed by atoms with Crippen molar-refractivity contribution in [1.29, 1.82) is 0 Å². The summed E-state index contributed by atoms with van der Waals surface area (Å²) in [6.07, 6.45) is 0. The van der Waals surface area contributed by atoms with Crippen LogP contribution in [0.3, 0.4) is 0 Å². The van der Waals surface area contributed by atoms with Crippen molar-refractivity contribution in [1.82, 2.24) is 0 Å². The molecule has 23 heavy (non-hydrogen) atoms. The van der Waals surface area contributed by atoms with Crippen LogP contribution in [0.25, 0.3) is 0 Å². The van der Waals surface area contributed by atoms with Crippen molar-refractivity contribution in [3.8, 4) is 11.5 Å². The van der Waals surface area contributed by atoms with E-state index < -0.39 is 0 Å². The fraction of sp³-hybridized carbons (Fsp3) is 0.235. The van der Waals surface area contributed by atoms with Crippen LogP contribution in [0, 0.1) is 0 Å². The summed E-state index contributed by atoms with van der Waals surface area (Å²) in [5, 5.41) is 2.69. The summed E-state index contributed by atoms with van der Waals surface area (Å²) >= 11 is 4.87. The molecule has 1 atom stereocenters. The molecule has 1 amide bonds. The summed E-state index contributed by atoms with van der Waals surface area (Å²) in [4.78, 5) is 13.3. The standard InChI is InChI=1S/C17H16BrNO3S/c1-11(17(20)19-13-4-2-12(18)3-5-13)23-14-6-7-15-16(10-14)22-9-8-21-15/h2-7,10-11H,8-9H2,1H3,(H,19,20). The van der Waals surface area contributed by atoms with Gasteiger partial charge < -0.3 is 14.8 Å². The van der Waals surface area contributed by atoms with Gasteiger partial charge >= 0.3 is 0 Å². The first kappa shape index (κ1) is 16.2. The molecule has 0 saturated heterocycles. The molecule has 0 spiro atoms. The van der Waals surface area contributed by atoms with Gasteiger partial charge in [0, 0.05) is 15.1 Å². The van der Waals surface area contributed by atoms with E-state index in [4.69, 9.17) is 9.47 Å². The van der Waals surface area contributed by atoms with Gasteiger partial charge in [-0.25, -0.2) is 0 Å². The predicted octanol–water partition coefficient (Wildman–Crippen LogP) is 4.34. The smallest absolute Gasteiger partial charge is 0.237 e. The molecule has 1 unspecified atom stereocenters. The number of nitrogens with one attached hydrogen (secondary N) is 1. The monoisotopic (exact) mass is 393 g/mol. The van der Waals surface area contributed by atoms with Crippen LogP contribution < -0.4 is 14.8 Å². The molecular weight excluding hydrogens is 378 g/mol. The van der Waals surface area contributed by atoms with Crippen LogP contribution in [0.2, 0.25) is 0 Å². The van der Waals surface area contributed by atoms with E-state index in [1.54, 1.807) is 0 Å². The Hall–Kier alpha value is -1.66. The number of amides is 1. The fourth-order valence-electron chi connectivity index (χ4n) is 2.13. The van der Waals surface area contributed by atoms with Crippen LogP contribution >= 0.6 is 27.7 Å². The zero-order valence-electron chi connectivity index (χ0n) is 12.5. The van der Waals surface area contributed by atoms with E-state index in [1.165, 1.54) is 11.8 Å². The first-order chi connectivity index (χ1) is 11.1. The minimum atomic E-state index is -0.221. The molecule has 0 saturated carbocycles. The van der Waals surface area contributed by atoms with Gasteiger partial charge in [0.2, 0.25) is 5.91 Å². The minimum Gasteiger partial charge on any atom is -0.486 e. The Morgan fingerprint density at radius 3 is 2.57 bits per heavy atom. The van der Waals surface area contributed by atoms with E-state index in [0.717, 1.165) is 26.6 Å². The van der Waals surface area contributed by atoms with Crippen LogP contribution in [0.4, 0.5) is 5.69 Å². The summed E-state index contributed by atoms with van der Waals surface area (Å²) < 4.78 is 12.1. The van der Waals surface area contributed by atoms with Gasteiger partial charge in [0.15, 0.2) is 11.5 Å². The SMILES string of the molecule is CC(Sc1ccc2c(c1)OCCO2)C(=O)Nc1ccc(Br)cc1. The van der Waals surface area contributed by atoms with Gasteiger partial charge in [0.1, 0.15) is 13.2 Å². The number of ether oxygens (including phenoxy) is 2. The number of thioether (sulfide) groups is 1. The number of carbonyl (C=O) groups is 1. The number of carbonyl (C=O) groups excluding carboxylic acids is 1. The summed E-state index contributed by atoms with van der Waals surface area (Å²) in [5.74, 6) is 1.46. The lowest BCUT2D eigenvalue weighted by Crippen LogP contribution is -2.22. The molecule has 4 nitrogen and oxygen atoms in total. The van der Waals surface area contributed by atoms with E-state index in [2.05, 4.69) is 21.2 Å². The zero-order chi connectivity index (χ0) is 16.2. The van der Waals surface area contributed by atoms with Gasteiger partial charge in [0.05, 0.1) is 5.25 Å². The highest BCUT2D eigenvalue weighted by atomic mass is 79.9. The first-order valence-electron chi connectivity index (χ1n) is 7.24. The highest BCUT2D eigenvalue weighted by molar-refractivity contribution is 9.10. The summed E-state index contributed by atoms with van der Waals surface area (Å²) in [6, 6.07) is 13.3. The van der Waals surface area contributed by atoms with Crippen LogP contribution in [-0.4, -0.2) is 24.4 Å². The second kappa shape index (κ2) is 7.27. The van der Waals surface area contributed by atoms with Crippen molar-refractivity contribution in [2.75, 3.05) is 18.5 Å². The van der Waals surface area contributed by atoms with Crippen molar-refractivity contribution in [2.45, 2.75) is 17.1 Å². The third kappa shape index (κ3) is 4.20. The molecule has 1 N–H and O–H groups in total. The summed E-state index contributed by atoms with van der Waals surface area (Å²) in [6.45, 7) is 3.02. The second-order valence-electron chi connectivity index (χ2n) is 5.06. The lowest BCUT2D eigenvalue weighted by molar-refractivity contribution is -0.115. The van der Waals surface area contributed by atoms with Crippen molar-refractivity contribution in [3.63, 3.8) is 0 Å². The Kier molecular flexibility index (Phi) is 5.13. The molecule has 0 radical (unpaired) electrons. The molecular formula is C17H16BrNO3S. The third-order valence-electron chi connectivity index (χ3n) is 3.31. The first-order valence-corrected chi connectivity index (χ1v) is 8.92. The van der Waals surface area contributed by atoms with Crippen LogP contribution in [-0.2, 0) is 4.79 Å². The molecule has 1 aliphatic heterocycles. The quantitative estimate of drug-likeness (QED) is 0.784. The summed E-state index contributed by atoms with van der Waals surface area (Å²) in [5.41, 5.74) is 0.785. The number of halogens is 1. The minimum absolute atomic E-state index is 0.0350. The second-order valence-corrected chi connectivity index (χ2v) is 7.39. The number of rotatable bonds is 4. The van der Waals surface area contributed by atoms with Gasteiger partial charge in [-0.3, -0.25) is 4.79 Å². The highest BCUT2D eigenvalue weighted by Crippen LogP contribution is 2.35. The Bertz CT molecular complexity index is 705. The van der Waals surface area contributed by atoms with Gasteiger partial charge in [-0.15, -0.1) is 11.8 Å². The van der Waals surface area contributed by atoms with E-state index in [9.17, 15) is 4.79 Å². The van der Waals surface area contributed by atoms with Gasteiger partial charge in [-0.2, -0.15) is 0 Å². The maximum atomic E-state index is 12.3. The molecule has 6 heteroatoms. The molecule has 0 aromatic heterocycles. The largest absolute Gasteiger partial charge is 0.486 e.